The largest absolute Gasteiger partial charge is 0.507 e. The Labute approximate surface area is 164 Å². The van der Waals surface area contributed by atoms with Gasteiger partial charge in [-0.2, -0.15) is 0 Å². The van der Waals surface area contributed by atoms with Gasteiger partial charge in [0.1, 0.15) is 11.5 Å². The summed E-state index contributed by atoms with van der Waals surface area (Å²) in [6.45, 7) is 4.83. The molecule has 0 bridgehead atoms. The molecule has 2 aromatic carbocycles. The second-order valence-corrected chi connectivity index (χ2v) is 6.94. The van der Waals surface area contributed by atoms with E-state index in [-0.39, 0.29) is 17.6 Å². The molecule has 1 aromatic heterocycles. The minimum atomic E-state index is -0.161. The molecule has 0 atom stereocenters. The number of nitrogens with two attached hydrogens (primary N) is 1. The van der Waals surface area contributed by atoms with E-state index in [1.165, 1.54) is 0 Å². The van der Waals surface area contributed by atoms with Gasteiger partial charge in [0, 0.05) is 41.4 Å². The van der Waals surface area contributed by atoms with Crippen molar-refractivity contribution in [3.05, 3.63) is 53.7 Å². The number of phenols is 1. The summed E-state index contributed by atoms with van der Waals surface area (Å²) >= 11 is 0. The molecule has 0 unspecified atom stereocenters. The van der Waals surface area contributed by atoms with Gasteiger partial charge in [-0.05, 0) is 41.6 Å². The van der Waals surface area contributed by atoms with Crippen LogP contribution in [0.2, 0.25) is 0 Å². The molecule has 6 nitrogen and oxygen atoms in total. The normalized spacial score (nSPS) is 11.0. The Balaban J connectivity index is 2.04. The summed E-state index contributed by atoms with van der Waals surface area (Å²) in [5, 5.41) is 15.1. The second-order valence-electron chi connectivity index (χ2n) is 6.94. The van der Waals surface area contributed by atoms with Crippen molar-refractivity contribution in [3.63, 3.8) is 0 Å². The Kier molecular flexibility index (Phi) is 5.80. The number of pyridine rings is 1. The third kappa shape index (κ3) is 3.92. The van der Waals surface area contributed by atoms with E-state index >= 15 is 0 Å². The second kappa shape index (κ2) is 8.27. The first-order valence-corrected chi connectivity index (χ1v) is 9.24. The van der Waals surface area contributed by atoms with Gasteiger partial charge < -0.3 is 20.9 Å². The van der Waals surface area contributed by atoms with E-state index in [2.05, 4.69) is 10.3 Å². The number of hydrogen-bond acceptors (Lipinski definition) is 5. The van der Waals surface area contributed by atoms with Crippen LogP contribution in [0.1, 0.15) is 35.7 Å². The zero-order valence-electron chi connectivity index (χ0n) is 16.3. The summed E-state index contributed by atoms with van der Waals surface area (Å²) in [5.74, 6) is 0.775. The first kappa shape index (κ1) is 19.6. The number of methoxy groups -OCH3 is 1. The van der Waals surface area contributed by atoms with Crippen LogP contribution in [0.15, 0.2) is 42.6 Å². The van der Waals surface area contributed by atoms with E-state index in [1.54, 1.807) is 25.4 Å². The number of fused-ring (bicyclic) bond motifs is 1. The quantitative estimate of drug-likeness (QED) is 0.610. The van der Waals surface area contributed by atoms with E-state index < -0.39 is 0 Å². The standard InChI is InChI=1S/C22H25N3O3/c1-13(2)21-19(26)10-17(11-20(21)28-3)18-9-16-8-14(22(27)24-7-6-23)4-5-15(16)12-25-18/h4-5,8-13,26H,6-7,23H2,1-3H3,(H,24,27). The van der Waals surface area contributed by atoms with Gasteiger partial charge in [0.05, 0.1) is 12.8 Å². The summed E-state index contributed by atoms with van der Waals surface area (Å²) < 4.78 is 5.47. The summed E-state index contributed by atoms with van der Waals surface area (Å²) in [4.78, 5) is 16.7. The summed E-state index contributed by atoms with van der Waals surface area (Å²) in [7, 11) is 1.59. The highest BCUT2D eigenvalue weighted by atomic mass is 16.5. The van der Waals surface area contributed by atoms with E-state index in [0.29, 0.717) is 30.1 Å². The SMILES string of the molecule is COc1cc(-c2cc3cc(C(=O)NCCN)ccc3cn2)cc(O)c1C(C)C. The Morgan fingerprint density at radius 2 is 2.00 bits per heavy atom. The zero-order chi connectivity index (χ0) is 20.3. The molecule has 4 N–H and O–H groups in total. The van der Waals surface area contributed by atoms with Gasteiger partial charge in [-0.1, -0.05) is 19.9 Å². The van der Waals surface area contributed by atoms with Gasteiger partial charge in [0.25, 0.3) is 5.91 Å². The minimum Gasteiger partial charge on any atom is -0.507 e. The lowest BCUT2D eigenvalue weighted by atomic mass is 9.97. The van der Waals surface area contributed by atoms with Crippen molar-refractivity contribution in [2.24, 2.45) is 5.73 Å². The molecule has 0 aliphatic carbocycles. The highest BCUT2D eigenvalue weighted by molar-refractivity contribution is 5.99. The van der Waals surface area contributed by atoms with Gasteiger partial charge >= 0.3 is 0 Å². The molecule has 3 aromatic rings. The summed E-state index contributed by atoms with van der Waals surface area (Å²) in [6.07, 6.45) is 1.76. The predicted molar refractivity (Wildman–Crippen MR) is 111 cm³/mol. The van der Waals surface area contributed by atoms with E-state index in [1.807, 2.05) is 38.1 Å². The highest BCUT2D eigenvalue weighted by Crippen LogP contribution is 2.38. The van der Waals surface area contributed by atoms with Crippen LogP contribution in [0.5, 0.6) is 11.5 Å². The molecule has 0 aliphatic heterocycles. The van der Waals surface area contributed by atoms with Crippen molar-refractivity contribution >= 4 is 16.7 Å². The molecule has 1 amide bonds. The number of ether oxygens (including phenoxy) is 1. The number of hydrogen-bond donors (Lipinski definition) is 3. The maximum Gasteiger partial charge on any atom is 0.251 e. The minimum absolute atomic E-state index is 0.128. The zero-order valence-corrected chi connectivity index (χ0v) is 16.3. The maximum absolute atomic E-state index is 12.2. The number of nitrogens with zero attached hydrogens (tertiary/aromatic N) is 1. The number of nitrogens with one attached hydrogen (secondary N) is 1. The van der Waals surface area contributed by atoms with Gasteiger partial charge in [-0.25, -0.2) is 0 Å². The number of phenolic OH excluding ortho intramolecular Hbond substituents is 1. The van der Waals surface area contributed by atoms with Crippen molar-refractivity contribution in [1.82, 2.24) is 10.3 Å². The number of amides is 1. The molecule has 1 heterocycles. The van der Waals surface area contributed by atoms with E-state index in [9.17, 15) is 9.90 Å². The maximum atomic E-state index is 12.2. The molecule has 0 fully saturated rings. The first-order valence-electron chi connectivity index (χ1n) is 9.24. The Bertz CT molecular complexity index is 1020. The van der Waals surface area contributed by atoms with Gasteiger partial charge in [0.2, 0.25) is 0 Å². The topological polar surface area (TPSA) is 97.5 Å². The molecule has 0 saturated heterocycles. The Hall–Kier alpha value is -3.12. The van der Waals surface area contributed by atoms with Crippen LogP contribution in [0, 0.1) is 0 Å². The molecule has 28 heavy (non-hydrogen) atoms. The molecule has 0 aliphatic rings. The van der Waals surface area contributed by atoms with Crippen LogP contribution in [-0.4, -0.2) is 36.2 Å². The number of aromatic hydroxyl groups is 1. The van der Waals surface area contributed by atoms with Crippen LogP contribution >= 0.6 is 0 Å². The molecule has 3 rings (SSSR count). The van der Waals surface area contributed by atoms with Crippen LogP contribution in [-0.2, 0) is 0 Å². The number of carbonyl (C=O) groups is 1. The monoisotopic (exact) mass is 379 g/mol. The third-order valence-corrected chi connectivity index (χ3v) is 4.63. The average molecular weight is 379 g/mol. The van der Waals surface area contributed by atoms with Crippen molar-refractivity contribution in [1.29, 1.82) is 0 Å². The van der Waals surface area contributed by atoms with Crippen molar-refractivity contribution in [3.8, 4) is 22.8 Å². The fraction of sp³-hybridized carbons (Fsp3) is 0.273. The molecular weight excluding hydrogens is 354 g/mol. The average Bonchev–Trinajstić information content (AvgIpc) is 2.70. The van der Waals surface area contributed by atoms with Gasteiger partial charge in [0.15, 0.2) is 0 Å². The van der Waals surface area contributed by atoms with Crippen LogP contribution in [0.3, 0.4) is 0 Å². The highest BCUT2D eigenvalue weighted by Gasteiger charge is 2.16. The number of benzene rings is 2. The van der Waals surface area contributed by atoms with Gasteiger partial charge in [-0.15, -0.1) is 0 Å². The van der Waals surface area contributed by atoms with Crippen LogP contribution < -0.4 is 15.8 Å². The summed E-state index contributed by atoms with van der Waals surface area (Å²) in [6, 6.07) is 10.9. The smallest absolute Gasteiger partial charge is 0.251 e. The van der Waals surface area contributed by atoms with Gasteiger partial charge in [-0.3, -0.25) is 9.78 Å². The summed E-state index contributed by atoms with van der Waals surface area (Å²) in [5.41, 5.74) is 8.21. The molecule has 0 radical (unpaired) electrons. The van der Waals surface area contributed by atoms with Crippen LogP contribution in [0.25, 0.3) is 22.0 Å². The fourth-order valence-corrected chi connectivity index (χ4v) is 3.24. The molecular formula is C22H25N3O3. The lowest BCUT2D eigenvalue weighted by molar-refractivity contribution is 0.0955. The van der Waals surface area contributed by atoms with Crippen LogP contribution in [0.4, 0.5) is 0 Å². The van der Waals surface area contributed by atoms with E-state index in [0.717, 1.165) is 21.9 Å². The van der Waals surface area contributed by atoms with E-state index in [4.69, 9.17) is 10.5 Å². The van der Waals surface area contributed by atoms with Crippen molar-refractivity contribution in [2.45, 2.75) is 19.8 Å². The fourth-order valence-electron chi connectivity index (χ4n) is 3.24. The molecule has 0 spiro atoms. The number of carbonyl (C=O) groups excluding carboxylic acids is 1. The lowest BCUT2D eigenvalue weighted by Crippen LogP contribution is -2.28. The Morgan fingerprint density at radius 1 is 1.21 bits per heavy atom. The number of rotatable bonds is 6. The Morgan fingerprint density at radius 3 is 2.68 bits per heavy atom. The molecule has 146 valence electrons. The lowest BCUT2D eigenvalue weighted by Gasteiger charge is -2.15. The number of aromatic nitrogens is 1. The van der Waals surface area contributed by atoms with Crippen molar-refractivity contribution in [2.75, 3.05) is 20.2 Å². The van der Waals surface area contributed by atoms with Crippen molar-refractivity contribution < 1.29 is 14.6 Å². The molecule has 6 heteroatoms. The first-order chi connectivity index (χ1) is 13.4. The predicted octanol–water partition coefficient (Wildman–Crippen LogP) is 3.43. The third-order valence-electron chi connectivity index (χ3n) is 4.63. The molecule has 0 saturated carbocycles.